The number of fused-ring (bicyclic) bond motifs is 4. The monoisotopic (exact) mass is 585 g/mol. The standard InChI is InChI=1S/C30H25ClFN7O3/c1-17-3-2-4-27(25-11-18(9-10-33-25)21-13-20(32)6-7-23(21)35-30(17)42)38-16-34-24(14-29(38)41)22-12-19(31)5-8-26(22)39-15-28(40)36-37-39/h5-17,27,40H,2-4H2,1H3,(H,35,42)/t17-,27+/m1/s1. The molecular formula is C30H25ClFN7O3. The maximum Gasteiger partial charge on any atom is 0.254 e. The second-order valence-corrected chi connectivity index (χ2v) is 10.6. The fourth-order valence-corrected chi connectivity index (χ4v) is 5.35. The third kappa shape index (κ3) is 5.38. The van der Waals surface area contributed by atoms with Crippen molar-refractivity contribution in [3.63, 3.8) is 0 Å². The van der Waals surface area contributed by atoms with E-state index in [1.807, 2.05) is 13.0 Å². The van der Waals surface area contributed by atoms with Gasteiger partial charge in [0.05, 0.1) is 35.6 Å². The Labute approximate surface area is 244 Å². The number of halogens is 2. The zero-order valence-electron chi connectivity index (χ0n) is 22.4. The number of amides is 1. The molecule has 3 aromatic heterocycles. The Morgan fingerprint density at radius 1 is 1.02 bits per heavy atom. The molecule has 2 aromatic carbocycles. The van der Waals surface area contributed by atoms with E-state index in [1.165, 1.54) is 40.0 Å². The summed E-state index contributed by atoms with van der Waals surface area (Å²) in [4.78, 5) is 35.8. The van der Waals surface area contributed by atoms with Crippen LogP contribution in [-0.2, 0) is 4.79 Å². The predicted octanol–water partition coefficient (Wildman–Crippen LogP) is 5.40. The van der Waals surface area contributed by atoms with E-state index in [-0.39, 0.29) is 23.3 Å². The van der Waals surface area contributed by atoms with Crippen LogP contribution in [0.3, 0.4) is 0 Å². The van der Waals surface area contributed by atoms with Gasteiger partial charge in [-0.15, -0.1) is 0 Å². The Kier molecular flexibility index (Phi) is 7.26. The summed E-state index contributed by atoms with van der Waals surface area (Å²) in [7, 11) is 0. The Hall–Kier alpha value is -4.90. The molecule has 0 saturated carbocycles. The number of carbonyl (C=O) groups excluding carboxylic acids is 1. The molecule has 0 aliphatic carbocycles. The van der Waals surface area contributed by atoms with Crippen LogP contribution in [0.4, 0.5) is 10.1 Å². The van der Waals surface area contributed by atoms with E-state index in [9.17, 15) is 19.1 Å². The molecule has 12 heteroatoms. The van der Waals surface area contributed by atoms with Gasteiger partial charge in [-0.05, 0) is 66.9 Å². The number of nitrogens with zero attached hydrogens (tertiary/aromatic N) is 6. The Bertz CT molecular complexity index is 1870. The molecule has 0 spiro atoms. The second kappa shape index (κ2) is 11.2. The van der Waals surface area contributed by atoms with E-state index in [4.69, 9.17) is 11.6 Å². The summed E-state index contributed by atoms with van der Waals surface area (Å²) in [6, 6.07) is 13.7. The molecule has 0 fully saturated rings. The molecule has 0 unspecified atom stereocenters. The van der Waals surface area contributed by atoms with Crippen LogP contribution >= 0.6 is 11.6 Å². The lowest BCUT2D eigenvalue weighted by Crippen LogP contribution is -2.27. The number of rotatable bonds is 3. The molecule has 2 atom stereocenters. The van der Waals surface area contributed by atoms with Crippen molar-refractivity contribution in [2.24, 2.45) is 5.92 Å². The molecule has 6 rings (SSSR count). The number of carbonyl (C=O) groups is 1. The first-order valence-electron chi connectivity index (χ1n) is 13.3. The van der Waals surface area contributed by atoms with Gasteiger partial charge in [-0.25, -0.2) is 14.1 Å². The maximum absolute atomic E-state index is 14.3. The molecule has 5 aromatic rings. The lowest BCUT2D eigenvalue weighted by atomic mass is 9.95. The average Bonchev–Trinajstić information content (AvgIpc) is 3.41. The largest absolute Gasteiger partial charge is 0.491 e. The van der Waals surface area contributed by atoms with Gasteiger partial charge in [-0.1, -0.05) is 35.3 Å². The molecule has 1 amide bonds. The van der Waals surface area contributed by atoms with Crippen LogP contribution in [0.15, 0.2) is 78.1 Å². The molecule has 1 aliphatic rings. The van der Waals surface area contributed by atoms with Gasteiger partial charge in [-0.2, -0.15) is 0 Å². The quantitative estimate of drug-likeness (QED) is 0.290. The Morgan fingerprint density at radius 2 is 1.88 bits per heavy atom. The lowest BCUT2D eigenvalue weighted by Gasteiger charge is -2.23. The Balaban J connectivity index is 1.44. The number of pyridine rings is 1. The van der Waals surface area contributed by atoms with E-state index in [1.54, 1.807) is 36.5 Å². The van der Waals surface area contributed by atoms with Gasteiger partial charge in [0.15, 0.2) is 0 Å². The smallest absolute Gasteiger partial charge is 0.254 e. The highest BCUT2D eigenvalue weighted by Gasteiger charge is 2.23. The number of aromatic nitrogens is 6. The molecule has 212 valence electrons. The highest BCUT2D eigenvalue weighted by atomic mass is 35.5. The first-order valence-corrected chi connectivity index (χ1v) is 13.7. The van der Waals surface area contributed by atoms with E-state index >= 15 is 0 Å². The molecule has 4 heterocycles. The van der Waals surface area contributed by atoms with Gasteiger partial charge >= 0.3 is 0 Å². The normalized spacial score (nSPS) is 17.1. The van der Waals surface area contributed by atoms with Crippen molar-refractivity contribution >= 4 is 23.2 Å². The first-order chi connectivity index (χ1) is 20.3. The zero-order chi connectivity index (χ0) is 29.4. The fourth-order valence-electron chi connectivity index (χ4n) is 5.17. The minimum absolute atomic E-state index is 0.157. The summed E-state index contributed by atoms with van der Waals surface area (Å²) in [5, 5.41) is 20.6. The zero-order valence-corrected chi connectivity index (χ0v) is 23.2. The van der Waals surface area contributed by atoms with Crippen molar-refractivity contribution in [3.8, 4) is 34.0 Å². The lowest BCUT2D eigenvalue weighted by molar-refractivity contribution is -0.119. The number of hydrogen-bond donors (Lipinski definition) is 2. The van der Waals surface area contributed by atoms with Gasteiger partial charge < -0.3 is 10.4 Å². The van der Waals surface area contributed by atoms with E-state index in [0.29, 0.717) is 63.7 Å². The summed E-state index contributed by atoms with van der Waals surface area (Å²) >= 11 is 6.28. The highest BCUT2D eigenvalue weighted by Crippen LogP contribution is 2.34. The van der Waals surface area contributed by atoms with Crippen molar-refractivity contribution in [1.29, 1.82) is 0 Å². The number of aromatic hydroxyl groups is 1. The predicted molar refractivity (Wildman–Crippen MR) is 155 cm³/mol. The second-order valence-electron chi connectivity index (χ2n) is 10.2. The van der Waals surface area contributed by atoms with Crippen LogP contribution in [0, 0.1) is 11.7 Å². The first kappa shape index (κ1) is 27.3. The van der Waals surface area contributed by atoms with Crippen LogP contribution in [0.2, 0.25) is 5.02 Å². The van der Waals surface area contributed by atoms with Crippen LogP contribution < -0.4 is 10.9 Å². The molecule has 2 N–H and O–H groups in total. The molecule has 2 bridgehead atoms. The van der Waals surface area contributed by atoms with Crippen molar-refractivity contribution in [2.45, 2.75) is 32.2 Å². The summed E-state index contributed by atoms with van der Waals surface area (Å²) in [6.07, 6.45) is 6.16. The van der Waals surface area contributed by atoms with Crippen LogP contribution in [0.25, 0.3) is 28.1 Å². The summed E-state index contributed by atoms with van der Waals surface area (Å²) in [6.45, 7) is 1.84. The van der Waals surface area contributed by atoms with Crippen molar-refractivity contribution in [1.82, 2.24) is 29.5 Å². The molecular weight excluding hydrogens is 561 g/mol. The van der Waals surface area contributed by atoms with Gasteiger partial charge in [0.25, 0.3) is 11.4 Å². The Morgan fingerprint density at radius 3 is 2.67 bits per heavy atom. The van der Waals surface area contributed by atoms with Gasteiger partial charge in [0.1, 0.15) is 5.82 Å². The average molecular weight is 586 g/mol. The molecule has 42 heavy (non-hydrogen) atoms. The SMILES string of the molecule is C[C@@H]1CCC[C@H](n2cnc(-c3cc(Cl)ccc3-n3cc(O)nn3)cc2=O)c2cc(ccn2)-c2cc(F)ccc2NC1=O. The number of hydrogen-bond acceptors (Lipinski definition) is 7. The van der Waals surface area contributed by atoms with E-state index < -0.39 is 11.9 Å². The third-order valence-corrected chi connectivity index (χ3v) is 7.60. The van der Waals surface area contributed by atoms with Crippen molar-refractivity contribution < 1.29 is 14.3 Å². The van der Waals surface area contributed by atoms with Gasteiger partial charge in [-0.3, -0.25) is 19.1 Å². The molecule has 1 aliphatic heterocycles. The minimum atomic E-state index is -0.489. The summed E-state index contributed by atoms with van der Waals surface area (Å²) < 4.78 is 17.2. The summed E-state index contributed by atoms with van der Waals surface area (Å²) in [5.41, 5.74) is 3.37. The summed E-state index contributed by atoms with van der Waals surface area (Å²) in [5.74, 6) is -1.15. The van der Waals surface area contributed by atoms with Crippen LogP contribution in [0.5, 0.6) is 5.88 Å². The van der Waals surface area contributed by atoms with Crippen LogP contribution in [-0.4, -0.2) is 40.5 Å². The van der Waals surface area contributed by atoms with Crippen molar-refractivity contribution in [3.05, 3.63) is 100 Å². The fraction of sp³-hybridized carbons (Fsp3) is 0.200. The minimum Gasteiger partial charge on any atom is -0.491 e. The van der Waals surface area contributed by atoms with Crippen LogP contribution in [0.1, 0.15) is 37.9 Å². The van der Waals surface area contributed by atoms with Gasteiger partial charge in [0, 0.05) is 40.0 Å². The number of benzene rings is 2. The number of anilines is 1. The third-order valence-electron chi connectivity index (χ3n) is 7.37. The molecule has 0 saturated heterocycles. The highest BCUT2D eigenvalue weighted by molar-refractivity contribution is 6.31. The van der Waals surface area contributed by atoms with Crippen molar-refractivity contribution in [2.75, 3.05) is 5.32 Å². The number of nitrogens with one attached hydrogen (secondary N) is 1. The maximum atomic E-state index is 14.3. The van der Waals surface area contributed by atoms with Gasteiger partial charge in [0.2, 0.25) is 5.91 Å². The topological polar surface area (TPSA) is 128 Å². The molecule has 10 nitrogen and oxygen atoms in total. The molecule has 0 radical (unpaired) electrons. The van der Waals surface area contributed by atoms with E-state index in [0.717, 1.165) is 0 Å². The van der Waals surface area contributed by atoms with E-state index in [2.05, 4.69) is 25.6 Å².